The lowest BCUT2D eigenvalue weighted by Crippen LogP contribution is -2.07. The van der Waals surface area contributed by atoms with E-state index < -0.39 is 0 Å². The minimum absolute atomic E-state index is 0.517. The molecular weight excluding hydrogens is 212 g/mol. The van der Waals surface area contributed by atoms with E-state index in [1.54, 1.807) is 0 Å². The molecule has 0 bridgehead atoms. The summed E-state index contributed by atoms with van der Waals surface area (Å²) in [5, 5.41) is 0. The van der Waals surface area contributed by atoms with Gasteiger partial charge in [0.05, 0.1) is 6.61 Å². The van der Waals surface area contributed by atoms with Gasteiger partial charge in [0.1, 0.15) is 12.4 Å². The van der Waals surface area contributed by atoms with Crippen LogP contribution >= 0.6 is 11.6 Å². The van der Waals surface area contributed by atoms with E-state index in [1.165, 1.54) is 0 Å². The van der Waals surface area contributed by atoms with Gasteiger partial charge in [0.15, 0.2) is 0 Å². The molecule has 0 spiro atoms. The molecule has 0 radical (unpaired) electrons. The molecule has 1 aromatic rings. The zero-order valence-electron chi connectivity index (χ0n) is 9.04. The first-order valence-corrected chi connectivity index (χ1v) is 5.75. The largest absolute Gasteiger partial charge is 0.491 e. The van der Waals surface area contributed by atoms with Crippen molar-refractivity contribution in [2.24, 2.45) is 0 Å². The highest BCUT2D eigenvalue weighted by molar-refractivity contribution is 6.17. The van der Waals surface area contributed by atoms with Crippen LogP contribution in [0.5, 0.6) is 5.75 Å². The molecule has 0 saturated carbocycles. The molecule has 3 heteroatoms. The second-order valence-corrected chi connectivity index (χ2v) is 3.51. The Kier molecular flexibility index (Phi) is 6.21. The van der Waals surface area contributed by atoms with E-state index in [9.17, 15) is 0 Å². The molecule has 0 atom stereocenters. The van der Waals surface area contributed by atoms with Crippen LogP contribution in [0, 0.1) is 0 Å². The molecule has 0 aliphatic heterocycles. The lowest BCUT2D eigenvalue weighted by Gasteiger charge is -2.07. The van der Waals surface area contributed by atoms with Gasteiger partial charge in [-0.15, -0.1) is 11.6 Å². The molecule has 0 amide bonds. The Labute approximate surface area is 96.2 Å². The maximum Gasteiger partial charge on any atom is 0.119 e. The first-order valence-electron chi connectivity index (χ1n) is 5.22. The van der Waals surface area contributed by atoms with E-state index in [-0.39, 0.29) is 0 Å². The average molecular weight is 229 g/mol. The summed E-state index contributed by atoms with van der Waals surface area (Å²) in [7, 11) is 0. The molecule has 0 N–H and O–H groups in total. The van der Waals surface area contributed by atoms with Gasteiger partial charge in [-0.2, -0.15) is 0 Å². The Hall–Kier alpha value is -0.730. The summed E-state index contributed by atoms with van der Waals surface area (Å²) in [5.41, 5.74) is 1.07. The van der Waals surface area contributed by atoms with Gasteiger partial charge in [-0.3, -0.25) is 0 Å². The highest BCUT2D eigenvalue weighted by Crippen LogP contribution is 2.14. The van der Waals surface area contributed by atoms with Crippen LogP contribution in [0.2, 0.25) is 0 Å². The van der Waals surface area contributed by atoms with E-state index in [0.29, 0.717) is 19.1 Å². The molecule has 0 aliphatic carbocycles. The third-order valence-corrected chi connectivity index (χ3v) is 2.21. The van der Waals surface area contributed by atoms with Gasteiger partial charge < -0.3 is 9.47 Å². The quantitative estimate of drug-likeness (QED) is 0.527. The van der Waals surface area contributed by atoms with E-state index in [1.807, 2.05) is 24.3 Å². The van der Waals surface area contributed by atoms with Crippen molar-refractivity contribution >= 4 is 11.6 Å². The fourth-order valence-corrected chi connectivity index (χ4v) is 1.35. The Morgan fingerprint density at radius 3 is 2.80 bits per heavy atom. The lowest BCUT2D eigenvalue weighted by atomic mass is 10.2. The van der Waals surface area contributed by atoms with Crippen molar-refractivity contribution in [3.8, 4) is 5.75 Å². The SMILES string of the molecule is CCCOCCOc1cccc(CCl)c1. The van der Waals surface area contributed by atoms with Gasteiger partial charge in [-0.05, 0) is 24.1 Å². The van der Waals surface area contributed by atoms with Crippen molar-refractivity contribution in [2.45, 2.75) is 19.2 Å². The monoisotopic (exact) mass is 228 g/mol. The van der Waals surface area contributed by atoms with Crippen LogP contribution in [0.25, 0.3) is 0 Å². The van der Waals surface area contributed by atoms with Crippen molar-refractivity contribution in [1.29, 1.82) is 0 Å². The normalized spacial score (nSPS) is 10.3. The average Bonchev–Trinajstić information content (AvgIpc) is 2.29. The van der Waals surface area contributed by atoms with Crippen LogP contribution in [-0.4, -0.2) is 19.8 Å². The van der Waals surface area contributed by atoms with Crippen molar-refractivity contribution in [2.75, 3.05) is 19.8 Å². The molecule has 0 aliphatic rings. The van der Waals surface area contributed by atoms with Crippen LogP contribution < -0.4 is 4.74 Å². The van der Waals surface area contributed by atoms with E-state index in [2.05, 4.69) is 6.92 Å². The molecular formula is C12H17ClO2. The minimum Gasteiger partial charge on any atom is -0.491 e. The zero-order chi connectivity index (χ0) is 10.9. The predicted molar refractivity (Wildman–Crippen MR) is 62.6 cm³/mol. The summed E-state index contributed by atoms with van der Waals surface area (Å²) in [6, 6.07) is 7.80. The Balaban J connectivity index is 2.24. The molecule has 0 heterocycles. The molecule has 0 saturated heterocycles. The Morgan fingerprint density at radius 1 is 1.20 bits per heavy atom. The van der Waals surface area contributed by atoms with Crippen molar-refractivity contribution in [1.82, 2.24) is 0 Å². The summed E-state index contributed by atoms with van der Waals surface area (Å²) in [6.45, 7) is 4.11. The molecule has 0 fully saturated rings. The fourth-order valence-electron chi connectivity index (χ4n) is 1.18. The molecule has 2 nitrogen and oxygen atoms in total. The molecule has 1 rings (SSSR count). The number of ether oxygens (including phenoxy) is 2. The molecule has 1 aromatic carbocycles. The van der Waals surface area contributed by atoms with Crippen molar-refractivity contribution in [3.63, 3.8) is 0 Å². The number of benzene rings is 1. The Bertz CT molecular complexity index is 276. The fraction of sp³-hybridized carbons (Fsp3) is 0.500. The third-order valence-electron chi connectivity index (χ3n) is 1.90. The van der Waals surface area contributed by atoms with Gasteiger partial charge in [0, 0.05) is 12.5 Å². The zero-order valence-corrected chi connectivity index (χ0v) is 9.80. The summed E-state index contributed by atoms with van der Waals surface area (Å²) in [4.78, 5) is 0. The maximum atomic E-state index is 5.72. The van der Waals surface area contributed by atoms with Crippen molar-refractivity contribution < 1.29 is 9.47 Å². The number of rotatable bonds is 7. The highest BCUT2D eigenvalue weighted by Gasteiger charge is 1.95. The molecule has 0 aromatic heterocycles. The minimum atomic E-state index is 0.517. The number of alkyl halides is 1. The summed E-state index contributed by atoms with van der Waals surface area (Å²) >= 11 is 5.72. The van der Waals surface area contributed by atoms with E-state index in [4.69, 9.17) is 21.1 Å². The van der Waals surface area contributed by atoms with Crippen molar-refractivity contribution in [3.05, 3.63) is 29.8 Å². The summed E-state index contributed by atoms with van der Waals surface area (Å²) < 4.78 is 10.8. The second kappa shape index (κ2) is 7.55. The van der Waals surface area contributed by atoms with Gasteiger partial charge >= 0.3 is 0 Å². The van der Waals surface area contributed by atoms with Gasteiger partial charge in [0.2, 0.25) is 0 Å². The number of halogens is 1. The van der Waals surface area contributed by atoms with Gasteiger partial charge in [-0.1, -0.05) is 19.1 Å². The van der Waals surface area contributed by atoms with Gasteiger partial charge in [-0.25, -0.2) is 0 Å². The molecule has 0 unspecified atom stereocenters. The summed E-state index contributed by atoms with van der Waals surface area (Å²) in [5.74, 6) is 1.37. The van der Waals surface area contributed by atoms with Crippen LogP contribution in [0.3, 0.4) is 0 Å². The third kappa shape index (κ3) is 5.05. The standard InChI is InChI=1S/C12H17ClO2/c1-2-6-14-7-8-15-12-5-3-4-11(9-12)10-13/h3-5,9H,2,6-8,10H2,1H3. The van der Waals surface area contributed by atoms with E-state index in [0.717, 1.165) is 24.3 Å². The van der Waals surface area contributed by atoms with Crippen LogP contribution in [0.4, 0.5) is 0 Å². The smallest absolute Gasteiger partial charge is 0.119 e. The first-order chi connectivity index (χ1) is 7.36. The number of hydrogen-bond acceptors (Lipinski definition) is 2. The van der Waals surface area contributed by atoms with E-state index >= 15 is 0 Å². The Morgan fingerprint density at radius 2 is 2.07 bits per heavy atom. The van der Waals surface area contributed by atoms with Gasteiger partial charge in [0.25, 0.3) is 0 Å². The summed E-state index contributed by atoms with van der Waals surface area (Å²) in [6.07, 6.45) is 1.04. The topological polar surface area (TPSA) is 18.5 Å². The van der Waals surface area contributed by atoms with Crippen LogP contribution in [0.15, 0.2) is 24.3 Å². The van der Waals surface area contributed by atoms with Crippen LogP contribution in [-0.2, 0) is 10.6 Å². The molecule has 15 heavy (non-hydrogen) atoms. The predicted octanol–water partition coefficient (Wildman–Crippen LogP) is 3.23. The van der Waals surface area contributed by atoms with Crippen LogP contribution in [0.1, 0.15) is 18.9 Å². The second-order valence-electron chi connectivity index (χ2n) is 3.24. The maximum absolute atomic E-state index is 5.72. The number of hydrogen-bond donors (Lipinski definition) is 0. The molecule has 84 valence electrons. The first kappa shape index (κ1) is 12.3. The highest BCUT2D eigenvalue weighted by atomic mass is 35.5. The lowest BCUT2D eigenvalue weighted by molar-refractivity contribution is 0.101.